The molecule has 0 saturated carbocycles. The summed E-state index contributed by atoms with van der Waals surface area (Å²) in [7, 11) is 4.65. The normalized spacial score (nSPS) is 10.1. The zero-order valence-corrected chi connectivity index (χ0v) is 15.9. The van der Waals surface area contributed by atoms with Crippen LogP contribution in [0.15, 0.2) is 42.5 Å². The number of amides is 2. The number of benzene rings is 2. The van der Waals surface area contributed by atoms with Gasteiger partial charge in [-0.05, 0) is 36.4 Å². The van der Waals surface area contributed by atoms with Gasteiger partial charge >= 0.3 is 0 Å². The highest BCUT2D eigenvalue weighted by molar-refractivity contribution is 5.95. The molecular weight excluding hydrogens is 348 g/mol. The van der Waals surface area contributed by atoms with Crippen molar-refractivity contribution in [2.75, 3.05) is 38.1 Å². The summed E-state index contributed by atoms with van der Waals surface area (Å²) in [6, 6.07) is 12.2. The second kappa shape index (κ2) is 9.47. The van der Waals surface area contributed by atoms with Gasteiger partial charge < -0.3 is 24.4 Å². The number of hydrogen-bond donors (Lipinski definition) is 1. The smallest absolute Gasteiger partial charge is 0.226 e. The molecule has 0 bridgehead atoms. The molecule has 0 saturated heterocycles. The van der Waals surface area contributed by atoms with Crippen LogP contribution >= 0.6 is 0 Å². The molecule has 0 unspecified atom stereocenters. The highest BCUT2D eigenvalue weighted by Gasteiger charge is 2.15. The molecule has 2 aromatic carbocycles. The number of nitrogens with one attached hydrogen (secondary N) is 1. The van der Waals surface area contributed by atoms with Crippen molar-refractivity contribution in [2.45, 2.75) is 13.3 Å². The number of carbonyl (C=O) groups is 2. The van der Waals surface area contributed by atoms with Crippen LogP contribution in [0.25, 0.3) is 0 Å². The Morgan fingerprint density at radius 2 is 1.56 bits per heavy atom. The average molecular weight is 372 g/mol. The summed E-state index contributed by atoms with van der Waals surface area (Å²) in [6.07, 6.45) is 0.131. The van der Waals surface area contributed by atoms with Gasteiger partial charge in [-0.1, -0.05) is 0 Å². The molecule has 0 atom stereocenters. The maximum Gasteiger partial charge on any atom is 0.226 e. The highest BCUT2D eigenvalue weighted by Crippen LogP contribution is 2.29. The lowest BCUT2D eigenvalue weighted by Crippen LogP contribution is -2.31. The summed E-state index contributed by atoms with van der Waals surface area (Å²) < 4.78 is 15.6. The maximum absolute atomic E-state index is 12.4. The van der Waals surface area contributed by atoms with E-state index in [4.69, 9.17) is 14.2 Å². The van der Waals surface area contributed by atoms with E-state index in [1.807, 2.05) is 0 Å². The summed E-state index contributed by atoms with van der Waals surface area (Å²) in [5, 5.41) is 2.80. The average Bonchev–Trinajstić information content (AvgIpc) is 2.68. The topological polar surface area (TPSA) is 77.1 Å². The number of nitrogens with zero attached hydrogens (tertiary/aromatic N) is 1. The van der Waals surface area contributed by atoms with E-state index in [0.717, 1.165) is 0 Å². The van der Waals surface area contributed by atoms with E-state index in [1.165, 1.54) is 14.0 Å². The minimum absolute atomic E-state index is 0.131. The lowest BCUT2D eigenvalue weighted by Gasteiger charge is -2.21. The number of methoxy groups -OCH3 is 3. The van der Waals surface area contributed by atoms with Crippen LogP contribution in [0.5, 0.6) is 17.2 Å². The van der Waals surface area contributed by atoms with E-state index in [9.17, 15) is 9.59 Å². The van der Waals surface area contributed by atoms with Crippen LogP contribution in [0.2, 0.25) is 0 Å². The second-order valence-corrected chi connectivity index (χ2v) is 5.73. The van der Waals surface area contributed by atoms with Crippen molar-refractivity contribution in [3.05, 3.63) is 42.5 Å². The van der Waals surface area contributed by atoms with Crippen molar-refractivity contribution < 1.29 is 23.8 Å². The fraction of sp³-hybridized carbons (Fsp3) is 0.300. The number of ether oxygens (including phenoxy) is 3. The fourth-order valence-corrected chi connectivity index (χ4v) is 2.57. The Hall–Kier alpha value is -3.22. The highest BCUT2D eigenvalue weighted by atomic mass is 16.5. The zero-order valence-electron chi connectivity index (χ0n) is 15.9. The van der Waals surface area contributed by atoms with Crippen molar-refractivity contribution in [1.82, 2.24) is 0 Å². The van der Waals surface area contributed by atoms with E-state index in [-0.39, 0.29) is 24.8 Å². The lowest BCUT2D eigenvalue weighted by molar-refractivity contribution is -0.117. The van der Waals surface area contributed by atoms with Gasteiger partial charge in [-0.2, -0.15) is 0 Å². The first kappa shape index (κ1) is 20.1. The molecule has 0 radical (unpaired) electrons. The summed E-state index contributed by atoms with van der Waals surface area (Å²) in [4.78, 5) is 25.9. The Labute approximate surface area is 158 Å². The third kappa shape index (κ3) is 5.37. The molecule has 2 rings (SSSR count). The van der Waals surface area contributed by atoms with Crippen molar-refractivity contribution in [3.63, 3.8) is 0 Å². The predicted octanol–water partition coefficient (Wildman–Crippen LogP) is 3.09. The van der Waals surface area contributed by atoms with Gasteiger partial charge in [-0.25, -0.2) is 0 Å². The largest absolute Gasteiger partial charge is 0.497 e. The third-order valence-corrected chi connectivity index (χ3v) is 4.01. The van der Waals surface area contributed by atoms with Gasteiger partial charge in [0, 0.05) is 31.6 Å². The molecular formula is C20H24N2O5. The summed E-state index contributed by atoms with van der Waals surface area (Å²) in [6.45, 7) is 1.72. The summed E-state index contributed by atoms with van der Waals surface area (Å²) in [5.41, 5.74) is 1.22. The first-order valence-electron chi connectivity index (χ1n) is 8.42. The molecule has 2 aromatic rings. The van der Waals surface area contributed by atoms with Gasteiger partial charge in [0.25, 0.3) is 0 Å². The van der Waals surface area contributed by atoms with Crippen LogP contribution in [-0.4, -0.2) is 39.7 Å². The van der Waals surface area contributed by atoms with Gasteiger partial charge in [0.2, 0.25) is 11.8 Å². The number of hydrogen-bond acceptors (Lipinski definition) is 5. The van der Waals surface area contributed by atoms with E-state index in [1.54, 1.807) is 61.6 Å². The molecule has 0 aromatic heterocycles. The summed E-state index contributed by atoms with van der Waals surface area (Å²) in [5.74, 6) is 1.45. The number of rotatable bonds is 8. The van der Waals surface area contributed by atoms with Crippen molar-refractivity contribution in [3.8, 4) is 17.2 Å². The zero-order chi connectivity index (χ0) is 19.8. The molecule has 0 aliphatic heterocycles. The minimum Gasteiger partial charge on any atom is -0.497 e. The Kier molecular flexibility index (Phi) is 7.05. The SMILES string of the molecule is COc1ccc(N(CCC(=O)Nc2cc(OC)ccc2OC)C(C)=O)cc1. The van der Waals surface area contributed by atoms with Crippen LogP contribution < -0.4 is 24.4 Å². The van der Waals surface area contributed by atoms with E-state index in [0.29, 0.717) is 28.6 Å². The predicted molar refractivity (Wildman–Crippen MR) is 104 cm³/mol. The van der Waals surface area contributed by atoms with Crippen molar-refractivity contribution in [2.24, 2.45) is 0 Å². The second-order valence-electron chi connectivity index (χ2n) is 5.73. The maximum atomic E-state index is 12.4. The van der Waals surface area contributed by atoms with E-state index < -0.39 is 0 Å². The third-order valence-electron chi connectivity index (χ3n) is 4.01. The molecule has 0 spiro atoms. The molecule has 0 aliphatic carbocycles. The van der Waals surface area contributed by atoms with Gasteiger partial charge in [0.05, 0.1) is 27.0 Å². The lowest BCUT2D eigenvalue weighted by atomic mass is 10.2. The molecule has 0 aliphatic rings. The Bertz CT molecular complexity index is 789. The van der Waals surface area contributed by atoms with Crippen LogP contribution in [0, 0.1) is 0 Å². The molecule has 1 N–H and O–H groups in total. The Balaban J connectivity index is 2.04. The van der Waals surface area contributed by atoms with Gasteiger partial charge in [0.1, 0.15) is 17.2 Å². The molecule has 27 heavy (non-hydrogen) atoms. The van der Waals surface area contributed by atoms with E-state index in [2.05, 4.69) is 5.32 Å². The fourth-order valence-electron chi connectivity index (χ4n) is 2.57. The van der Waals surface area contributed by atoms with Crippen LogP contribution in [-0.2, 0) is 9.59 Å². The van der Waals surface area contributed by atoms with Crippen LogP contribution in [0.1, 0.15) is 13.3 Å². The van der Waals surface area contributed by atoms with Gasteiger partial charge in [-0.15, -0.1) is 0 Å². The summed E-state index contributed by atoms with van der Waals surface area (Å²) >= 11 is 0. The molecule has 0 heterocycles. The van der Waals surface area contributed by atoms with Crippen LogP contribution in [0.4, 0.5) is 11.4 Å². The van der Waals surface area contributed by atoms with Crippen molar-refractivity contribution >= 4 is 23.2 Å². The van der Waals surface area contributed by atoms with Gasteiger partial charge in [0.15, 0.2) is 0 Å². The van der Waals surface area contributed by atoms with Crippen molar-refractivity contribution in [1.29, 1.82) is 0 Å². The standard InChI is InChI=1S/C20H24N2O5/c1-14(23)22(15-5-7-16(25-2)8-6-15)12-11-20(24)21-18-13-17(26-3)9-10-19(18)27-4/h5-10,13H,11-12H2,1-4H3,(H,21,24). The first-order valence-corrected chi connectivity index (χ1v) is 8.42. The quantitative estimate of drug-likeness (QED) is 0.770. The molecule has 7 heteroatoms. The monoisotopic (exact) mass is 372 g/mol. The minimum atomic E-state index is -0.235. The number of carbonyl (C=O) groups excluding carboxylic acids is 2. The molecule has 144 valence electrons. The Morgan fingerprint density at radius 1 is 0.926 bits per heavy atom. The Morgan fingerprint density at radius 3 is 2.11 bits per heavy atom. The van der Waals surface area contributed by atoms with Crippen LogP contribution in [0.3, 0.4) is 0 Å². The van der Waals surface area contributed by atoms with E-state index >= 15 is 0 Å². The number of anilines is 2. The first-order chi connectivity index (χ1) is 13.0. The molecule has 2 amide bonds. The van der Waals surface area contributed by atoms with Gasteiger partial charge in [-0.3, -0.25) is 9.59 Å². The molecule has 7 nitrogen and oxygen atoms in total. The molecule has 0 fully saturated rings.